The minimum Gasteiger partial charge on any atom is -0.490 e. The first-order chi connectivity index (χ1) is 10.2. The molecule has 1 aliphatic heterocycles. The molecule has 1 aliphatic rings. The summed E-state index contributed by atoms with van der Waals surface area (Å²) in [6, 6.07) is 15.1. The maximum Gasteiger partial charge on any atom is 0.123 e. The molecular weight excluding hydrogens is 287 g/mol. The monoisotopic (exact) mass is 304 g/mol. The summed E-state index contributed by atoms with van der Waals surface area (Å²) in [6.45, 7) is 0. The molecule has 3 rings (SSSR count). The minimum absolute atomic E-state index is 0.106. The molecule has 0 radical (unpaired) electrons. The molecule has 1 heterocycles. The molecule has 0 aromatic heterocycles. The first-order valence-electron chi connectivity index (χ1n) is 7.29. The van der Waals surface area contributed by atoms with Crippen molar-refractivity contribution in [3.63, 3.8) is 0 Å². The van der Waals surface area contributed by atoms with Crippen LogP contribution in [0.2, 0.25) is 0 Å². The van der Waals surface area contributed by atoms with E-state index in [1.807, 2.05) is 18.2 Å². The lowest BCUT2D eigenvalue weighted by molar-refractivity contribution is 0.198. The average molecular weight is 305 g/mol. The van der Waals surface area contributed by atoms with E-state index in [0.717, 1.165) is 30.6 Å². The van der Waals surface area contributed by atoms with E-state index in [0.29, 0.717) is 11.8 Å². The van der Waals surface area contributed by atoms with Crippen molar-refractivity contribution in [3.05, 3.63) is 65.5 Å². The Labute approximate surface area is 129 Å². The quantitative estimate of drug-likeness (QED) is 0.733. The number of rotatable bonds is 5. The Morgan fingerprint density at radius 3 is 2.76 bits per heavy atom. The third-order valence-corrected chi connectivity index (χ3v) is 4.38. The molecule has 0 fully saturated rings. The average Bonchev–Trinajstić information content (AvgIpc) is 2.89. The van der Waals surface area contributed by atoms with Crippen molar-refractivity contribution in [2.24, 2.45) is 5.92 Å². The Morgan fingerprint density at radius 2 is 2.00 bits per heavy atom. The zero-order valence-electron chi connectivity index (χ0n) is 11.8. The highest BCUT2D eigenvalue weighted by molar-refractivity contribution is 6.18. The van der Waals surface area contributed by atoms with Gasteiger partial charge in [0, 0.05) is 17.9 Å². The number of hydrogen-bond acceptors (Lipinski definition) is 1. The van der Waals surface area contributed by atoms with Gasteiger partial charge in [0.05, 0.1) is 0 Å². The van der Waals surface area contributed by atoms with E-state index in [1.54, 1.807) is 12.1 Å². The van der Waals surface area contributed by atoms with Gasteiger partial charge in [0.1, 0.15) is 17.7 Å². The first-order valence-corrected chi connectivity index (χ1v) is 7.83. The van der Waals surface area contributed by atoms with Crippen LogP contribution in [0.3, 0.4) is 0 Å². The molecule has 0 N–H and O–H groups in total. The predicted octanol–water partition coefficient (Wildman–Crippen LogP) is 4.62. The van der Waals surface area contributed by atoms with E-state index >= 15 is 0 Å². The summed E-state index contributed by atoms with van der Waals surface area (Å²) >= 11 is 6.12. The number of benzene rings is 2. The van der Waals surface area contributed by atoms with Crippen LogP contribution in [0.4, 0.5) is 4.39 Å². The van der Waals surface area contributed by atoms with Crippen LogP contribution in [-0.4, -0.2) is 12.0 Å². The fraction of sp³-hybridized carbons (Fsp3) is 0.333. The van der Waals surface area contributed by atoms with Gasteiger partial charge in [0.25, 0.3) is 0 Å². The number of ether oxygens (including phenoxy) is 1. The highest BCUT2D eigenvalue weighted by atomic mass is 35.5. The van der Waals surface area contributed by atoms with Crippen molar-refractivity contribution in [2.75, 3.05) is 5.88 Å². The summed E-state index contributed by atoms with van der Waals surface area (Å²) in [5.41, 5.74) is 2.26. The fourth-order valence-corrected chi connectivity index (χ4v) is 3.18. The van der Waals surface area contributed by atoms with Gasteiger partial charge in [0.15, 0.2) is 0 Å². The van der Waals surface area contributed by atoms with Gasteiger partial charge < -0.3 is 4.74 Å². The lowest BCUT2D eigenvalue weighted by Crippen LogP contribution is -2.20. The zero-order valence-corrected chi connectivity index (χ0v) is 12.5. The summed E-state index contributed by atoms with van der Waals surface area (Å²) in [6.07, 6.45) is 2.73. The molecule has 0 saturated heterocycles. The van der Waals surface area contributed by atoms with Crippen LogP contribution in [-0.2, 0) is 12.8 Å². The topological polar surface area (TPSA) is 9.23 Å². The molecule has 110 valence electrons. The van der Waals surface area contributed by atoms with Crippen LogP contribution in [0.1, 0.15) is 17.5 Å². The number of halogens is 2. The third kappa shape index (κ3) is 3.56. The van der Waals surface area contributed by atoms with Gasteiger partial charge in [-0.3, -0.25) is 0 Å². The summed E-state index contributed by atoms with van der Waals surface area (Å²) in [5, 5.41) is 0. The predicted molar refractivity (Wildman–Crippen MR) is 83.5 cm³/mol. The van der Waals surface area contributed by atoms with Crippen LogP contribution >= 0.6 is 11.6 Å². The summed E-state index contributed by atoms with van der Waals surface area (Å²) in [7, 11) is 0. The lowest BCUT2D eigenvalue weighted by Gasteiger charge is -2.18. The molecule has 3 heteroatoms. The molecule has 0 amide bonds. The fourth-order valence-electron chi connectivity index (χ4n) is 2.94. The van der Waals surface area contributed by atoms with Crippen LogP contribution in [0.5, 0.6) is 5.75 Å². The maximum absolute atomic E-state index is 13.2. The molecular formula is C18H18ClFO. The van der Waals surface area contributed by atoms with Crippen molar-refractivity contribution < 1.29 is 9.13 Å². The van der Waals surface area contributed by atoms with Crippen molar-refractivity contribution in [2.45, 2.75) is 25.4 Å². The molecule has 0 bridgehead atoms. The Balaban J connectivity index is 1.61. The third-order valence-electron chi connectivity index (χ3n) is 3.95. The molecule has 2 aromatic carbocycles. The van der Waals surface area contributed by atoms with Crippen molar-refractivity contribution in [1.82, 2.24) is 0 Å². The SMILES string of the molecule is Fc1ccc2c(c1)CC(CC(CCl)Cc1ccccc1)O2. The van der Waals surface area contributed by atoms with Gasteiger partial charge in [0.2, 0.25) is 0 Å². The Kier molecular flexibility index (Phi) is 4.45. The summed E-state index contributed by atoms with van der Waals surface area (Å²) in [4.78, 5) is 0. The Hall–Kier alpha value is -1.54. The first kappa shape index (κ1) is 14.4. The largest absolute Gasteiger partial charge is 0.490 e. The second kappa shape index (κ2) is 6.48. The summed E-state index contributed by atoms with van der Waals surface area (Å²) in [5.74, 6) is 1.60. The molecule has 1 nitrogen and oxygen atoms in total. The van der Waals surface area contributed by atoms with Gasteiger partial charge in [-0.15, -0.1) is 11.6 Å². The van der Waals surface area contributed by atoms with Gasteiger partial charge in [-0.1, -0.05) is 30.3 Å². The van der Waals surface area contributed by atoms with E-state index in [-0.39, 0.29) is 11.9 Å². The smallest absolute Gasteiger partial charge is 0.123 e. The minimum atomic E-state index is -0.198. The molecule has 2 unspecified atom stereocenters. The van der Waals surface area contributed by atoms with E-state index in [9.17, 15) is 4.39 Å². The van der Waals surface area contributed by atoms with Gasteiger partial charge in [-0.2, -0.15) is 0 Å². The number of alkyl halides is 1. The second-order valence-corrected chi connectivity index (χ2v) is 5.95. The van der Waals surface area contributed by atoms with Crippen LogP contribution in [0, 0.1) is 11.7 Å². The van der Waals surface area contributed by atoms with E-state index in [4.69, 9.17) is 16.3 Å². The lowest BCUT2D eigenvalue weighted by atomic mass is 9.94. The van der Waals surface area contributed by atoms with E-state index in [1.165, 1.54) is 11.6 Å². The molecule has 0 spiro atoms. The van der Waals surface area contributed by atoms with Gasteiger partial charge >= 0.3 is 0 Å². The van der Waals surface area contributed by atoms with E-state index in [2.05, 4.69) is 12.1 Å². The van der Waals surface area contributed by atoms with Crippen molar-refractivity contribution in [1.29, 1.82) is 0 Å². The maximum atomic E-state index is 13.2. The highest BCUT2D eigenvalue weighted by Gasteiger charge is 2.26. The van der Waals surface area contributed by atoms with Crippen LogP contribution in [0.15, 0.2) is 48.5 Å². The van der Waals surface area contributed by atoms with Crippen LogP contribution in [0.25, 0.3) is 0 Å². The van der Waals surface area contributed by atoms with E-state index < -0.39 is 0 Å². The summed E-state index contributed by atoms with van der Waals surface area (Å²) < 4.78 is 19.1. The van der Waals surface area contributed by atoms with Crippen molar-refractivity contribution in [3.8, 4) is 5.75 Å². The standard InChI is InChI=1S/C18H18ClFO/c19-12-14(8-13-4-2-1-3-5-13)9-17-11-15-10-16(20)6-7-18(15)21-17/h1-7,10,14,17H,8-9,11-12H2. The molecule has 21 heavy (non-hydrogen) atoms. The second-order valence-electron chi connectivity index (χ2n) is 5.64. The molecule has 2 aromatic rings. The van der Waals surface area contributed by atoms with Crippen molar-refractivity contribution >= 4 is 11.6 Å². The normalized spacial score (nSPS) is 18.1. The Morgan fingerprint density at radius 1 is 1.19 bits per heavy atom. The molecule has 2 atom stereocenters. The zero-order chi connectivity index (χ0) is 14.7. The van der Waals surface area contributed by atoms with Crippen LogP contribution < -0.4 is 4.74 Å². The van der Waals surface area contributed by atoms with Gasteiger partial charge in [-0.25, -0.2) is 4.39 Å². The van der Waals surface area contributed by atoms with Gasteiger partial charge in [-0.05, 0) is 42.5 Å². The highest BCUT2D eigenvalue weighted by Crippen LogP contribution is 2.32. The molecule has 0 saturated carbocycles. The Bertz CT molecular complexity index is 599. The number of fused-ring (bicyclic) bond motifs is 1. The molecule has 0 aliphatic carbocycles. The number of hydrogen-bond donors (Lipinski definition) is 0.